The molecule has 0 aliphatic rings. The number of hydrogen-bond acceptors (Lipinski definition) is 3. The number of rotatable bonds is 8. The second-order valence-corrected chi connectivity index (χ2v) is 7.27. The summed E-state index contributed by atoms with van der Waals surface area (Å²) in [6.45, 7) is 1.89. The Morgan fingerprint density at radius 1 is 1.48 bits per heavy atom. The molecule has 1 atom stereocenters. The molecule has 8 heteroatoms. The van der Waals surface area contributed by atoms with Crippen molar-refractivity contribution in [3.05, 3.63) is 34.1 Å². The monoisotopic (exact) mass is 381 g/mol. The van der Waals surface area contributed by atoms with Gasteiger partial charge in [0.25, 0.3) is 0 Å². The fourth-order valence-electron chi connectivity index (χ4n) is 1.75. The van der Waals surface area contributed by atoms with Gasteiger partial charge in [-0.2, -0.15) is 0 Å². The molecule has 1 aromatic rings. The van der Waals surface area contributed by atoms with E-state index in [0.717, 1.165) is 12.5 Å². The topological polar surface area (TPSA) is 83.5 Å². The van der Waals surface area contributed by atoms with Crippen LogP contribution in [0.15, 0.2) is 22.7 Å². The van der Waals surface area contributed by atoms with Gasteiger partial charge in [0.1, 0.15) is 11.9 Å². The smallest absolute Gasteiger partial charge is 0.321 e. The third kappa shape index (κ3) is 6.11. The molecule has 0 saturated carbocycles. The lowest BCUT2D eigenvalue weighted by atomic mass is 10.1. The maximum atomic E-state index is 13.4. The molecule has 118 valence electrons. The van der Waals surface area contributed by atoms with Crippen LogP contribution in [0.2, 0.25) is 0 Å². The van der Waals surface area contributed by atoms with Crippen molar-refractivity contribution in [1.29, 1.82) is 0 Å². The van der Waals surface area contributed by atoms with Gasteiger partial charge in [-0.3, -0.25) is 4.79 Å². The SMILES string of the molecule is CCCCC(NS(=O)(=O)Cc1ccc(Br)c(F)c1)C(=O)O. The van der Waals surface area contributed by atoms with Crippen LogP contribution in [0.3, 0.4) is 0 Å². The van der Waals surface area contributed by atoms with E-state index in [1.165, 1.54) is 12.1 Å². The van der Waals surface area contributed by atoms with Crippen LogP contribution in [0, 0.1) is 5.82 Å². The van der Waals surface area contributed by atoms with E-state index in [1.807, 2.05) is 6.92 Å². The molecule has 0 fully saturated rings. The third-order valence-corrected chi connectivity index (χ3v) is 4.81. The van der Waals surface area contributed by atoms with E-state index in [2.05, 4.69) is 20.7 Å². The first-order chi connectivity index (χ1) is 9.75. The minimum Gasteiger partial charge on any atom is -0.480 e. The first kappa shape index (κ1) is 18.1. The van der Waals surface area contributed by atoms with Gasteiger partial charge in [-0.1, -0.05) is 25.8 Å². The van der Waals surface area contributed by atoms with E-state index in [1.54, 1.807) is 0 Å². The van der Waals surface area contributed by atoms with Gasteiger partial charge in [0.2, 0.25) is 10.0 Å². The van der Waals surface area contributed by atoms with Gasteiger partial charge in [-0.25, -0.2) is 17.5 Å². The lowest BCUT2D eigenvalue weighted by molar-refractivity contribution is -0.139. The van der Waals surface area contributed by atoms with E-state index in [4.69, 9.17) is 5.11 Å². The second-order valence-electron chi connectivity index (χ2n) is 4.66. The number of nitrogens with one attached hydrogen (secondary N) is 1. The number of carbonyl (C=O) groups is 1. The zero-order chi connectivity index (χ0) is 16.0. The Morgan fingerprint density at radius 2 is 2.14 bits per heavy atom. The molecule has 21 heavy (non-hydrogen) atoms. The molecular formula is C13H17BrFNO4S. The molecule has 0 heterocycles. The Morgan fingerprint density at radius 3 is 2.67 bits per heavy atom. The van der Waals surface area contributed by atoms with Crippen molar-refractivity contribution in [2.75, 3.05) is 0 Å². The van der Waals surface area contributed by atoms with Crippen LogP contribution >= 0.6 is 15.9 Å². The minimum atomic E-state index is -3.85. The van der Waals surface area contributed by atoms with Gasteiger partial charge in [0, 0.05) is 0 Å². The Kier molecular flexibility index (Phi) is 6.76. The molecule has 1 unspecified atom stereocenters. The quantitative estimate of drug-likeness (QED) is 0.724. The molecular weight excluding hydrogens is 365 g/mol. The average Bonchev–Trinajstić information content (AvgIpc) is 2.38. The van der Waals surface area contributed by atoms with E-state index < -0.39 is 33.6 Å². The highest BCUT2D eigenvalue weighted by Gasteiger charge is 2.23. The van der Waals surface area contributed by atoms with Gasteiger partial charge in [-0.05, 0) is 40.0 Å². The molecule has 0 radical (unpaired) electrons. The summed E-state index contributed by atoms with van der Waals surface area (Å²) in [5, 5.41) is 9.02. The molecule has 0 aliphatic heterocycles. The fraction of sp³-hybridized carbons (Fsp3) is 0.462. The number of carboxylic acids is 1. The Hall–Kier alpha value is -0.990. The number of hydrogen-bond donors (Lipinski definition) is 2. The van der Waals surface area contributed by atoms with Gasteiger partial charge in [0.15, 0.2) is 0 Å². The summed E-state index contributed by atoms with van der Waals surface area (Å²) in [7, 11) is -3.85. The van der Waals surface area contributed by atoms with E-state index >= 15 is 0 Å². The predicted octanol–water partition coefficient (Wildman–Crippen LogP) is 2.65. The number of halogens is 2. The second kappa shape index (κ2) is 7.86. The minimum absolute atomic E-state index is 0.222. The Balaban J connectivity index is 2.79. The maximum Gasteiger partial charge on any atom is 0.321 e. The van der Waals surface area contributed by atoms with Gasteiger partial charge < -0.3 is 5.11 Å². The number of benzene rings is 1. The van der Waals surface area contributed by atoms with Crippen molar-refractivity contribution in [1.82, 2.24) is 4.72 Å². The first-order valence-corrected chi connectivity index (χ1v) is 8.86. The third-order valence-electron chi connectivity index (χ3n) is 2.81. The van der Waals surface area contributed by atoms with Crippen LogP contribution in [0.25, 0.3) is 0 Å². The zero-order valence-electron chi connectivity index (χ0n) is 11.5. The normalized spacial score (nSPS) is 13.1. The van der Waals surface area contributed by atoms with Crippen LogP contribution in [0.5, 0.6) is 0 Å². The molecule has 2 N–H and O–H groups in total. The van der Waals surface area contributed by atoms with E-state index in [-0.39, 0.29) is 16.5 Å². The molecule has 0 bridgehead atoms. The first-order valence-electron chi connectivity index (χ1n) is 6.42. The number of aliphatic carboxylic acids is 1. The Bertz CT molecular complexity index is 606. The molecule has 0 amide bonds. The standard InChI is InChI=1S/C13H17BrFNO4S/c1-2-3-4-12(13(17)18)16-21(19,20)8-9-5-6-10(14)11(15)7-9/h5-7,12,16H,2-4,8H2,1H3,(H,17,18). The van der Waals surface area contributed by atoms with Crippen molar-refractivity contribution < 1.29 is 22.7 Å². The van der Waals surface area contributed by atoms with E-state index in [0.29, 0.717) is 6.42 Å². The number of carboxylic acid groups (broad SMARTS) is 1. The summed E-state index contributed by atoms with van der Waals surface area (Å²) in [5.41, 5.74) is 0.253. The van der Waals surface area contributed by atoms with Crippen LogP contribution < -0.4 is 4.72 Å². The Labute approximate surface area is 131 Å². The van der Waals surface area contributed by atoms with Crippen LogP contribution in [-0.2, 0) is 20.6 Å². The van der Waals surface area contributed by atoms with E-state index in [9.17, 15) is 17.6 Å². The van der Waals surface area contributed by atoms with Crippen molar-refractivity contribution in [3.63, 3.8) is 0 Å². The molecule has 1 aromatic carbocycles. The van der Waals surface area contributed by atoms with Crippen LogP contribution in [-0.4, -0.2) is 25.5 Å². The van der Waals surface area contributed by atoms with Gasteiger partial charge in [0.05, 0.1) is 10.2 Å². The molecule has 0 saturated heterocycles. The van der Waals surface area contributed by atoms with Crippen molar-refractivity contribution in [2.24, 2.45) is 0 Å². The summed E-state index contributed by atoms with van der Waals surface area (Å²) < 4.78 is 39.7. The molecule has 0 aromatic heterocycles. The van der Waals surface area contributed by atoms with Crippen LogP contribution in [0.1, 0.15) is 31.7 Å². The maximum absolute atomic E-state index is 13.4. The lowest BCUT2D eigenvalue weighted by Gasteiger charge is -2.14. The van der Waals surface area contributed by atoms with Crippen molar-refractivity contribution in [2.45, 2.75) is 38.0 Å². The lowest BCUT2D eigenvalue weighted by Crippen LogP contribution is -2.41. The summed E-state index contributed by atoms with van der Waals surface area (Å²) >= 11 is 2.98. The molecule has 1 rings (SSSR count). The summed E-state index contributed by atoms with van der Waals surface area (Å²) in [5.74, 6) is -2.25. The molecule has 5 nitrogen and oxygen atoms in total. The largest absolute Gasteiger partial charge is 0.480 e. The fourth-order valence-corrected chi connectivity index (χ4v) is 3.35. The predicted molar refractivity (Wildman–Crippen MR) is 80.8 cm³/mol. The highest BCUT2D eigenvalue weighted by molar-refractivity contribution is 9.10. The van der Waals surface area contributed by atoms with Crippen molar-refractivity contribution >= 4 is 31.9 Å². The van der Waals surface area contributed by atoms with Crippen molar-refractivity contribution in [3.8, 4) is 0 Å². The average molecular weight is 382 g/mol. The number of unbranched alkanes of at least 4 members (excludes halogenated alkanes) is 1. The molecule has 0 spiro atoms. The summed E-state index contributed by atoms with van der Waals surface area (Å²) in [6, 6.07) is 2.82. The highest BCUT2D eigenvalue weighted by Crippen LogP contribution is 2.18. The molecule has 0 aliphatic carbocycles. The van der Waals surface area contributed by atoms with Crippen LogP contribution in [0.4, 0.5) is 4.39 Å². The van der Waals surface area contributed by atoms with Gasteiger partial charge >= 0.3 is 5.97 Å². The highest BCUT2D eigenvalue weighted by atomic mass is 79.9. The number of sulfonamides is 1. The summed E-state index contributed by atoms with van der Waals surface area (Å²) in [4.78, 5) is 11.0. The van der Waals surface area contributed by atoms with Gasteiger partial charge in [-0.15, -0.1) is 0 Å². The zero-order valence-corrected chi connectivity index (χ0v) is 13.9. The summed E-state index contributed by atoms with van der Waals surface area (Å²) in [6.07, 6.45) is 1.59.